The van der Waals surface area contributed by atoms with E-state index in [0.29, 0.717) is 0 Å². The summed E-state index contributed by atoms with van der Waals surface area (Å²) in [5, 5.41) is 7.99. The van der Waals surface area contributed by atoms with Crippen molar-refractivity contribution in [1.82, 2.24) is 4.30 Å². The summed E-state index contributed by atoms with van der Waals surface area (Å²) in [5.74, 6) is -0.788. The second-order valence-corrected chi connectivity index (χ2v) is 3.38. The lowest BCUT2D eigenvalue weighted by atomic mass is 10.7. The molecule has 0 unspecified atom stereocenters. The van der Waals surface area contributed by atoms with Gasteiger partial charge in [-0.05, 0) is 0 Å². The average Bonchev–Trinajstić information content (AvgIpc) is 1.61. The monoisotopic (exact) mass is 228 g/mol. The molecular weight excluding hydrogens is 224 g/mol. The summed E-state index contributed by atoms with van der Waals surface area (Å²) in [6.07, 6.45) is 0. The molecule has 0 atom stereocenters. The molecule has 0 saturated heterocycles. The first kappa shape index (κ1) is 7.69. The molecule has 0 heterocycles. The van der Waals surface area contributed by atoms with Gasteiger partial charge in [-0.25, -0.2) is 0 Å². The summed E-state index contributed by atoms with van der Waals surface area (Å²) in [6, 6.07) is 0. The lowest BCUT2D eigenvalue weighted by Gasteiger charge is -1.88. The van der Waals surface area contributed by atoms with Gasteiger partial charge in [0.1, 0.15) is 0 Å². The van der Waals surface area contributed by atoms with Crippen LogP contribution in [0.5, 0.6) is 0 Å². The van der Waals surface area contributed by atoms with Crippen LogP contribution in [0.4, 0.5) is 0 Å². The Hall–Kier alpha value is 0.692. The molecule has 0 aromatic carbocycles. The number of hydrogen-bond donors (Lipinski definition) is 2. The highest BCUT2D eigenvalue weighted by Crippen LogP contribution is 1.66. The summed E-state index contributed by atoms with van der Waals surface area (Å²) in [7, 11) is 0. The Kier molecular flexibility index (Phi) is 5.32. The minimum absolute atomic E-state index is 0.0955. The van der Waals surface area contributed by atoms with Gasteiger partial charge in [-0.15, -0.1) is 0 Å². The lowest BCUT2D eigenvalue weighted by molar-refractivity contribution is -0.135. The molecule has 0 aromatic rings. The molecule has 0 aliphatic heterocycles. The summed E-state index contributed by atoms with van der Waals surface area (Å²) in [6.45, 7) is 0.0955. The zero-order chi connectivity index (χ0) is 5.70. The smallest absolute Gasteiger partial charge is 0.426 e. The predicted octanol–water partition coefficient (Wildman–Crippen LogP) is -0.370. The minimum atomic E-state index is -0.788. The van der Waals surface area contributed by atoms with Gasteiger partial charge in [-0.2, -0.15) is 20.3 Å². The maximum atomic E-state index is 9.71. The molecule has 5 heteroatoms. The largest absolute Gasteiger partial charge is 0.480 e. The van der Waals surface area contributed by atoms with Crippen molar-refractivity contribution >= 4 is 38.4 Å². The van der Waals surface area contributed by atoms with Crippen molar-refractivity contribution in [3.8, 4) is 0 Å². The zero-order valence-corrected chi connectivity index (χ0v) is 6.83. The van der Waals surface area contributed by atoms with E-state index in [1.54, 1.807) is 0 Å². The summed E-state index contributed by atoms with van der Waals surface area (Å²) < 4.78 is 2.72. The summed E-state index contributed by atoms with van der Waals surface area (Å²) in [4.78, 5) is 9.71. The van der Waals surface area contributed by atoms with E-state index >= 15 is 0 Å². The molecule has 39 valence electrons. The number of rotatable bonds is 3. The number of carboxylic acids is 1. The molecule has 0 rings (SSSR count). The zero-order valence-electron chi connectivity index (χ0n) is 3.52. The van der Waals surface area contributed by atoms with Gasteiger partial charge in [-0.3, -0.25) is 4.79 Å². The van der Waals surface area contributed by atoms with Gasteiger partial charge in [0.2, 0.25) is 0 Å². The van der Waals surface area contributed by atoms with Gasteiger partial charge in [0.05, 0.1) is 6.54 Å². The van der Waals surface area contributed by atoms with Crippen molar-refractivity contribution in [2.24, 2.45) is 0 Å². The van der Waals surface area contributed by atoms with E-state index in [0.717, 1.165) is 0 Å². The Morgan fingerprint density at radius 2 is 2.57 bits per heavy atom. The van der Waals surface area contributed by atoms with Crippen LogP contribution in [-0.2, 0) is 4.79 Å². The van der Waals surface area contributed by atoms with Crippen LogP contribution in [0.2, 0.25) is 0 Å². The first-order valence-electron chi connectivity index (χ1n) is 1.64. The molecular formula is C2H4AlINO2. The third-order valence-corrected chi connectivity index (χ3v) is 2.01. The van der Waals surface area contributed by atoms with Gasteiger partial charge in [-0.1, -0.05) is 0 Å². The number of carbonyl (C=O) groups is 1. The predicted molar refractivity (Wildman–Crippen MR) is 35.4 cm³/mol. The maximum Gasteiger partial charge on any atom is 0.426 e. The fraction of sp³-hybridized carbons (Fsp3) is 0.500. The van der Waals surface area contributed by atoms with E-state index in [1.165, 1.54) is 0 Å². The van der Waals surface area contributed by atoms with Crippen molar-refractivity contribution in [3.63, 3.8) is 0 Å². The first-order valence-corrected chi connectivity index (χ1v) is 6.39. The highest BCUT2D eigenvalue weighted by Gasteiger charge is 1.91. The SMILES string of the molecule is O=C(O)C[NH][Al][I]. The number of nitrogens with one attached hydrogen (secondary N) is 1. The van der Waals surface area contributed by atoms with Crippen LogP contribution in [0.25, 0.3) is 0 Å². The van der Waals surface area contributed by atoms with E-state index < -0.39 is 5.97 Å². The van der Waals surface area contributed by atoms with E-state index in [1.807, 2.05) is 0 Å². The molecule has 1 radical (unpaired) electrons. The van der Waals surface area contributed by atoms with Crippen LogP contribution >= 0.6 is 20.3 Å². The Labute approximate surface area is 59.1 Å². The average molecular weight is 228 g/mol. The van der Waals surface area contributed by atoms with Crippen molar-refractivity contribution in [2.45, 2.75) is 0 Å². The highest BCUT2D eigenvalue weighted by molar-refractivity contribution is 14.1. The standard InChI is InChI=1S/C2H4NO2.Al.HI/c3-1-2(4)5;;/h3H,1H2,(H,4,5);;1H/q-1;+2;/p-1. The molecule has 0 aliphatic rings. The van der Waals surface area contributed by atoms with Crippen molar-refractivity contribution in [2.75, 3.05) is 6.54 Å². The topological polar surface area (TPSA) is 49.3 Å². The molecule has 3 nitrogen and oxygen atoms in total. The van der Waals surface area contributed by atoms with Crippen LogP contribution < -0.4 is 4.30 Å². The second kappa shape index (κ2) is 4.84. The van der Waals surface area contributed by atoms with Gasteiger partial charge >= 0.3 is 18.1 Å². The Morgan fingerprint density at radius 3 is 2.71 bits per heavy atom. The number of aliphatic carboxylic acids is 1. The van der Waals surface area contributed by atoms with Crippen LogP contribution in [0, 0.1) is 0 Å². The number of halogens is 1. The number of carboxylic acid groups (broad SMARTS) is 1. The van der Waals surface area contributed by atoms with Gasteiger partial charge in [0.15, 0.2) is 0 Å². The van der Waals surface area contributed by atoms with E-state index in [2.05, 4.69) is 24.6 Å². The molecule has 0 aromatic heterocycles. The van der Waals surface area contributed by atoms with Crippen LogP contribution in [0.3, 0.4) is 0 Å². The molecule has 0 aliphatic carbocycles. The second-order valence-electron chi connectivity index (χ2n) is 0.884. The minimum Gasteiger partial charge on any atom is -0.480 e. The van der Waals surface area contributed by atoms with Crippen LogP contribution in [0.1, 0.15) is 0 Å². The molecule has 7 heavy (non-hydrogen) atoms. The van der Waals surface area contributed by atoms with Crippen LogP contribution in [0.15, 0.2) is 0 Å². The molecule has 0 spiro atoms. The quantitative estimate of drug-likeness (QED) is 0.511. The van der Waals surface area contributed by atoms with Gasteiger partial charge in [0.25, 0.3) is 0 Å². The van der Waals surface area contributed by atoms with Gasteiger partial charge < -0.3 is 9.41 Å². The van der Waals surface area contributed by atoms with Crippen LogP contribution in [-0.4, -0.2) is 29.8 Å². The van der Waals surface area contributed by atoms with Crippen molar-refractivity contribution < 1.29 is 9.90 Å². The van der Waals surface area contributed by atoms with E-state index in [-0.39, 0.29) is 18.7 Å². The first-order chi connectivity index (χ1) is 3.27. The van der Waals surface area contributed by atoms with Crippen molar-refractivity contribution in [1.29, 1.82) is 0 Å². The number of hydrogen-bond acceptors (Lipinski definition) is 2. The van der Waals surface area contributed by atoms with Crippen molar-refractivity contribution in [3.05, 3.63) is 0 Å². The Balaban J connectivity index is 2.82. The van der Waals surface area contributed by atoms with Gasteiger partial charge in [0, 0.05) is 0 Å². The highest BCUT2D eigenvalue weighted by atomic mass is 127. The van der Waals surface area contributed by atoms with E-state index in [4.69, 9.17) is 5.11 Å². The fourth-order valence-electron chi connectivity index (χ4n) is 0.126. The maximum absolute atomic E-state index is 9.71. The molecule has 0 bridgehead atoms. The molecule has 0 fully saturated rings. The normalized spacial score (nSPS) is 8.14. The third kappa shape index (κ3) is 6.69. The molecule has 0 saturated carbocycles. The van der Waals surface area contributed by atoms with E-state index in [9.17, 15) is 4.79 Å². The molecule has 0 amide bonds. The lowest BCUT2D eigenvalue weighted by Crippen LogP contribution is -2.22. The summed E-state index contributed by atoms with van der Waals surface area (Å²) >= 11 is 2.23. The Bertz CT molecular complexity index is 68.7. The molecule has 2 N–H and O–H groups in total. The summed E-state index contributed by atoms with van der Waals surface area (Å²) in [5.41, 5.74) is 0. The Morgan fingerprint density at radius 1 is 2.00 bits per heavy atom. The third-order valence-electron chi connectivity index (χ3n) is 0.330. The fourth-order valence-corrected chi connectivity index (χ4v) is 1.04.